The van der Waals surface area contributed by atoms with Crippen molar-refractivity contribution >= 4 is 37.2 Å². The van der Waals surface area contributed by atoms with Gasteiger partial charge < -0.3 is 34.9 Å². The molecule has 1 spiro atoms. The number of nitrogens with one attached hydrogen (secondary N) is 2. The highest BCUT2D eigenvalue weighted by atomic mass is 32.1. The van der Waals surface area contributed by atoms with Gasteiger partial charge in [-0.3, -0.25) is 14.4 Å². The van der Waals surface area contributed by atoms with E-state index in [-0.39, 0.29) is 30.9 Å². The second-order valence-electron chi connectivity index (χ2n) is 11.6. The van der Waals surface area contributed by atoms with Crippen LogP contribution < -0.4 is 20.1 Å². The topological polar surface area (TPSA) is 144 Å². The van der Waals surface area contributed by atoms with E-state index in [4.69, 9.17) is 14.2 Å². The maximum absolute atomic E-state index is 13.2. The van der Waals surface area contributed by atoms with Gasteiger partial charge in [0.1, 0.15) is 18.2 Å². The molecular weight excluding hydrogens is 550 g/mol. The van der Waals surface area contributed by atoms with Crippen LogP contribution in [0.25, 0.3) is 0 Å². The Kier molecular flexibility index (Phi) is 8.65. The Bertz CT molecular complexity index is 1270. The second-order valence-corrected chi connectivity index (χ2v) is 11.6. The Balaban J connectivity index is 0.00000387. The van der Waals surface area contributed by atoms with E-state index in [0.29, 0.717) is 11.5 Å². The first kappa shape index (κ1) is 30.7. The third kappa shape index (κ3) is 5.16. The van der Waals surface area contributed by atoms with Crippen LogP contribution in [0.5, 0.6) is 11.5 Å². The molecule has 3 N–H and O–H groups in total. The minimum atomic E-state index is -1.29. The van der Waals surface area contributed by atoms with Gasteiger partial charge in [0, 0.05) is 29.9 Å². The summed E-state index contributed by atoms with van der Waals surface area (Å²) in [5, 5.41) is 14.3. The summed E-state index contributed by atoms with van der Waals surface area (Å²) in [6, 6.07) is 1.85. The molecule has 1 aromatic rings. The Morgan fingerprint density at radius 1 is 1.20 bits per heavy atom. The molecule has 1 saturated heterocycles. The number of likely N-dealkylation sites (tertiary alicyclic amines) is 1. The lowest BCUT2D eigenvalue weighted by atomic mass is 9.53. The molecule has 2 aliphatic carbocycles. The summed E-state index contributed by atoms with van der Waals surface area (Å²) in [6.07, 6.45) is 4.06. The molecule has 2 bridgehead atoms. The highest BCUT2D eigenvalue weighted by Gasteiger charge is 2.65. The van der Waals surface area contributed by atoms with Gasteiger partial charge in [0.15, 0.2) is 17.6 Å². The van der Waals surface area contributed by atoms with Crippen molar-refractivity contribution in [2.75, 3.05) is 20.7 Å². The molecule has 2 aliphatic heterocycles. The molecule has 0 saturated carbocycles. The quantitative estimate of drug-likeness (QED) is 0.287. The van der Waals surface area contributed by atoms with Gasteiger partial charge in [0.05, 0.1) is 13.5 Å². The first-order chi connectivity index (χ1) is 19.0. The summed E-state index contributed by atoms with van der Waals surface area (Å²) < 4.78 is 18.2. The molecule has 3 unspecified atom stereocenters. The maximum Gasteiger partial charge on any atom is 0.326 e. The molecule has 5 rings (SSSR count). The van der Waals surface area contributed by atoms with Crippen LogP contribution in [0.2, 0.25) is 0 Å². The monoisotopic (exact) mass is 589 g/mol. The summed E-state index contributed by atoms with van der Waals surface area (Å²) in [4.78, 5) is 52.0. The van der Waals surface area contributed by atoms with Gasteiger partial charge in [0.25, 0.3) is 0 Å². The predicted octanol–water partition coefficient (Wildman–Crippen LogP) is 1.29. The van der Waals surface area contributed by atoms with Crippen LogP contribution in [0.15, 0.2) is 24.3 Å². The number of hydrogen-bond donors (Lipinski definition) is 3. The number of nitrogens with zero attached hydrogens (tertiary/aromatic N) is 1. The van der Waals surface area contributed by atoms with Crippen molar-refractivity contribution in [2.45, 2.75) is 75.8 Å². The van der Waals surface area contributed by atoms with Gasteiger partial charge in [-0.15, -0.1) is 0 Å². The summed E-state index contributed by atoms with van der Waals surface area (Å²) in [6.45, 7) is 5.40. The summed E-state index contributed by atoms with van der Waals surface area (Å²) >= 11 is 0. The molecule has 12 heteroatoms. The number of piperidine rings is 1. The van der Waals surface area contributed by atoms with Crippen LogP contribution in [0.4, 0.5) is 0 Å². The number of aliphatic carboxylic acids is 1. The molecule has 2 heterocycles. The zero-order valence-corrected chi connectivity index (χ0v) is 24.9. The van der Waals surface area contributed by atoms with Crippen molar-refractivity contribution in [1.82, 2.24) is 15.5 Å². The number of ether oxygens (including phenoxy) is 3. The van der Waals surface area contributed by atoms with E-state index < -0.39 is 60.4 Å². The van der Waals surface area contributed by atoms with Crippen LogP contribution in [-0.4, -0.2) is 84.8 Å². The van der Waals surface area contributed by atoms with E-state index in [1.807, 2.05) is 12.1 Å². The van der Waals surface area contributed by atoms with Crippen LogP contribution in [0, 0.1) is 11.8 Å². The normalized spacial score (nSPS) is 28.3. The second kappa shape index (κ2) is 11.6. The summed E-state index contributed by atoms with van der Waals surface area (Å²) in [5.74, 6) is -2.09. The van der Waals surface area contributed by atoms with Crippen molar-refractivity contribution in [3.8, 4) is 11.5 Å². The lowest BCUT2D eigenvalue weighted by Crippen LogP contribution is -2.65. The number of rotatable bonds is 9. The van der Waals surface area contributed by atoms with E-state index in [0.717, 1.165) is 24.9 Å². The van der Waals surface area contributed by atoms with Gasteiger partial charge in [-0.25, -0.2) is 4.79 Å². The molecule has 1 fully saturated rings. The fourth-order valence-electron chi connectivity index (χ4n) is 7.06. The zero-order chi connectivity index (χ0) is 28.9. The minimum Gasteiger partial charge on any atom is -0.493 e. The highest BCUT2D eigenvalue weighted by Crippen LogP contribution is 2.62. The standard InChI is InChI=1S/C29H37N3O8.H2S/c1-14(2)24(28(36)37)31-27(35)18(30-15(3)33)13-22(34)39-21-9-7-17-19-12-16-6-8-20(38-5)25-23(16)29(17,26(21)40-25)10-11-32(19)4;/h6-9,14,17-19,21,24,26H,10-13H2,1-5H3,(H,30,33)(H,31,35)(H,36,37);1H2/t17?,18?,19-,21+,24?,26+,29+;/m1./s1. The fourth-order valence-corrected chi connectivity index (χ4v) is 7.06. The average molecular weight is 590 g/mol. The number of carbonyl (C=O) groups is 4. The first-order valence-electron chi connectivity index (χ1n) is 13.7. The van der Waals surface area contributed by atoms with E-state index in [2.05, 4.69) is 34.7 Å². The van der Waals surface area contributed by atoms with Gasteiger partial charge >= 0.3 is 11.9 Å². The van der Waals surface area contributed by atoms with Crippen molar-refractivity contribution in [1.29, 1.82) is 0 Å². The third-order valence-corrected chi connectivity index (χ3v) is 8.90. The molecule has 4 aliphatic rings. The Labute approximate surface area is 246 Å². The van der Waals surface area contributed by atoms with E-state index in [1.54, 1.807) is 21.0 Å². The molecule has 0 radical (unpaired) electrons. The van der Waals surface area contributed by atoms with Crippen molar-refractivity contribution in [3.63, 3.8) is 0 Å². The van der Waals surface area contributed by atoms with Crippen LogP contribution in [0.1, 0.15) is 44.7 Å². The summed E-state index contributed by atoms with van der Waals surface area (Å²) in [5.41, 5.74) is 1.97. The highest BCUT2D eigenvalue weighted by molar-refractivity contribution is 7.59. The Morgan fingerprint density at radius 3 is 2.56 bits per heavy atom. The molecule has 224 valence electrons. The zero-order valence-electron chi connectivity index (χ0n) is 23.9. The van der Waals surface area contributed by atoms with Crippen LogP contribution in [0.3, 0.4) is 0 Å². The number of esters is 1. The molecule has 0 aromatic heterocycles. The Morgan fingerprint density at radius 2 is 1.93 bits per heavy atom. The number of amides is 2. The average Bonchev–Trinajstić information content (AvgIpc) is 3.24. The van der Waals surface area contributed by atoms with E-state index in [1.165, 1.54) is 12.5 Å². The molecule has 41 heavy (non-hydrogen) atoms. The van der Waals surface area contributed by atoms with Gasteiger partial charge in [-0.05, 0) is 50.1 Å². The number of hydrogen-bond acceptors (Lipinski definition) is 8. The lowest BCUT2D eigenvalue weighted by Gasteiger charge is -2.56. The Hall–Kier alpha value is -3.25. The maximum atomic E-state index is 13.2. The minimum absolute atomic E-state index is 0. The van der Waals surface area contributed by atoms with Gasteiger partial charge in [-0.2, -0.15) is 13.5 Å². The predicted molar refractivity (Wildman–Crippen MR) is 153 cm³/mol. The number of carboxylic acid groups (broad SMARTS) is 1. The fraction of sp³-hybridized carbons (Fsp3) is 0.586. The molecule has 11 nitrogen and oxygen atoms in total. The van der Waals surface area contributed by atoms with Gasteiger partial charge in [-0.1, -0.05) is 26.0 Å². The molecule has 2 amide bonds. The third-order valence-electron chi connectivity index (χ3n) is 8.90. The largest absolute Gasteiger partial charge is 0.493 e. The van der Waals surface area contributed by atoms with E-state index in [9.17, 15) is 24.3 Å². The number of carbonyl (C=O) groups excluding carboxylic acids is 3. The molecular formula is C29H39N3O8S. The number of benzene rings is 1. The van der Waals surface area contributed by atoms with E-state index >= 15 is 0 Å². The van der Waals surface area contributed by atoms with Crippen LogP contribution >= 0.6 is 13.5 Å². The van der Waals surface area contributed by atoms with Crippen LogP contribution in [-0.2, 0) is 35.8 Å². The van der Waals surface area contributed by atoms with Crippen molar-refractivity contribution < 1.29 is 38.5 Å². The first-order valence-corrected chi connectivity index (χ1v) is 13.7. The lowest BCUT2D eigenvalue weighted by molar-refractivity contribution is -0.156. The number of methoxy groups -OCH3 is 1. The van der Waals surface area contributed by atoms with Crippen molar-refractivity contribution in [3.05, 3.63) is 35.4 Å². The van der Waals surface area contributed by atoms with Crippen molar-refractivity contribution in [2.24, 2.45) is 11.8 Å². The number of likely N-dealkylation sites (N-methyl/N-ethyl adjacent to an activating group) is 1. The molecule has 1 aromatic carbocycles. The smallest absolute Gasteiger partial charge is 0.326 e. The molecule has 7 atom stereocenters. The summed E-state index contributed by atoms with van der Waals surface area (Å²) in [7, 11) is 3.75. The number of carboxylic acids is 1. The SMILES string of the molecule is COc1ccc2c3c1O[C@H]1[C@@H](OC(=O)CC(NC(C)=O)C(=O)NC(C(=O)O)C(C)C)C=CC4[C@@H](C2)N(C)CC[C@@]341.S. The van der Waals surface area contributed by atoms with Gasteiger partial charge in [0.2, 0.25) is 11.8 Å².